The number of methoxy groups -OCH3 is 1. The first kappa shape index (κ1) is 15.2. The van der Waals surface area contributed by atoms with Gasteiger partial charge in [-0.15, -0.1) is 0 Å². The number of hydrogen-bond acceptors (Lipinski definition) is 3. The van der Waals surface area contributed by atoms with Gasteiger partial charge >= 0.3 is 0 Å². The summed E-state index contributed by atoms with van der Waals surface area (Å²) in [6, 6.07) is 6.72. The molecule has 1 heterocycles. The zero-order valence-electron chi connectivity index (χ0n) is 11.8. The molecule has 1 aromatic rings. The molecule has 1 aliphatic rings. The monoisotopic (exact) mass is 343 g/mol. The van der Waals surface area contributed by atoms with Gasteiger partial charge in [-0.1, -0.05) is 15.9 Å². The second-order valence-electron chi connectivity index (χ2n) is 5.27. The van der Waals surface area contributed by atoms with Crippen molar-refractivity contribution in [2.45, 2.75) is 37.0 Å². The minimum absolute atomic E-state index is 0.335. The first-order valence-electron chi connectivity index (χ1n) is 6.72. The summed E-state index contributed by atoms with van der Waals surface area (Å²) in [7, 11) is 3.81. The van der Waals surface area contributed by atoms with E-state index in [-0.39, 0.29) is 0 Å². The van der Waals surface area contributed by atoms with Crippen molar-refractivity contribution in [3.63, 3.8) is 0 Å². The van der Waals surface area contributed by atoms with Gasteiger partial charge in [-0.3, -0.25) is 0 Å². The predicted molar refractivity (Wildman–Crippen MR) is 87.3 cm³/mol. The summed E-state index contributed by atoms with van der Waals surface area (Å²) in [4.78, 5) is 0. The summed E-state index contributed by atoms with van der Waals surface area (Å²) >= 11 is 5.65. The van der Waals surface area contributed by atoms with Crippen LogP contribution in [0.25, 0.3) is 0 Å². The number of nitrogens with one attached hydrogen (secondary N) is 1. The van der Waals surface area contributed by atoms with Crippen LogP contribution in [0.15, 0.2) is 22.7 Å². The van der Waals surface area contributed by atoms with Crippen molar-refractivity contribution in [1.29, 1.82) is 0 Å². The number of ether oxygens (including phenoxy) is 1. The molecule has 1 aromatic carbocycles. The molecule has 2 atom stereocenters. The number of hydrogen-bond donors (Lipinski definition) is 1. The van der Waals surface area contributed by atoms with Crippen molar-refractivity contribution >= 4 is 27.7 Å². The molecule has 1 saturated heterocycles. The van der Waals surface area contributed by atoms with Gasteiger partial charge in [-0.2, -0.15) is 11.8 Å². The highest BCUT2D eigenvalue weighted by Crippen LogP contribution is 2.42. The Kier molecular flexibility index (Phi) is 5.21. The number of benzene rings is 1. The van der Waals surface area contributed by atoms with E-state index in [9.17, 15) is 0 Å². The average Bonchev–Trinajstić information content (AvgIpc) is 2.84. The molecule has 1 N–H and O–H groups in total. The molecular formula is C15H22BrNOS. The first-order valence-corrected chi connectivity index (χ1v) is 8.50. The lowest BCUT2D eigenvalue weighted by Crippen LogP contribution is -2.45. The van der Waals surface area contributed by atoms with Gasteiger partial charge in [0.25, 0.3) is 0 Å². The molecule has 0 spiro atoms. The van der Waals surface area contributed by atoms with E-state index in [1.165, 1.54) is 24.2 Å². The second kappa shape index (κ2) is 6.51. The highest BCUT2D eigenvalue weighted by Gasteiger charge is 2.37. The minimum atomic E-state index is 0.335. The fourth-order valence-electron chi connectivity index (χ4n) is 2.83. The van der Waals surface area contributed by atoms with E-state index < -0.39 is 0 Å². The Morgan fingerprint density at radius 3 is 2.89 bits per heavy atom. The Morgan fingerprint density at radius 2 is 2.32 bits per heavy atom. The van der Waals surface area contributed by atoms with E-state index in [0.717, 1.165) is 16.6 Å². The quantitative estimate of drug-likeness (QED) is 0.876. The van der Waals surface area contributed by atoms with Crippen LogP contribution in [0.2, 0.25) is 0 Å². The largest absolute Gasteiger partial charge is 0.496 e. The van der Waals surface area contributed by atoms with Gasteiger partial charge in [0.15, 0.2) is 0 Å². The zero-order chi connectivity index (χ0) is 13.9. The first-order chi connectivity index (χ1) is 9.09. The smallest absolute Gasteiger partial charge is 0.122 e. The highest BCUT2D eigenvalue weighted by atomic mass is 79.9. The molecule has 0 radical (unpaired) electrons. The van der Waals surface area contributed by atoms with E-state index in [0.29, 0.717) is 10.8 Å². The van der Waals surface area contributed by atoms with Gasteiger partial charge in [-0.05, 0) is 62.7 Å². The Hall–Kier alpha value is -0.190. The molecule has 106 valence electrons. The molecule has 0 aromatic heterocycles. The summed E-state index contributed by atoms with van der Waals surface area (Å²) in [5, 5.41) is 3.51. The second-order valence-corrected chi connectivity index (χ2v) is 7.81. The summed E-state index contributed by atoms with van der Waals surface area (Å²) in [5.74, 6) is 2.26. The lowest BCUT2D eigenvalue weighted by molar-refractivity contribution is 0.392. The fraction of sp³-hybridized carbons (Fsp3) is 0.600. The maximum atomic E-state index is 5.49. The summed E-state index contributed by atoms with van der Waals surface area (Å²) in [6.07, 6.45) is 3.62. The summed E-state index contributed by atoms with van der Waals surface area (Å²) in [6.45, 7) is 2.39. The molecule has 4 heteroatoms. The topological polar surface area (TPSA) is 21.3 Å². The molecule has 2 unspecified atom stereocenters. The normalized spacial score (nSPS) is 24.4. The molecule has 0 saturated carbocycles. The van der Waals surface area contributed by atoms with E-state index in [1.807, 2.05) is 12.1 Å². The standard InChI is InChI=1S/C15H22BrNOS/c1-15(7-4-8-19-15)14(17-2)10-11-9-12(16)5-6-13(11)18-3/h5-6,9,14,17H,4,7-8,10H2,1-3H3. The van der Waals surface area contributed by atoms with Gasteiger partial charge in [-0.25, -0.2) is 0 Å². The van der Waals surface area contributed by atoms with Crippen LogP contribution in [0, 0.1) is 0 Å². The van der Waals surface area contributed by atoms with Crippen molar-refractivity contribution in [2.75, 3.05) is 19.9 Å². The van der Waals surface area contributed by atoms with Crippen LogP contribution in [0.4, 0.5) is 0 Å². The zero-order valence-corrected chi connectivity index (χ0v) is 14.2. The summed E-state index contributed by atoms with van der Waals surface area (Å²) < 4.78 is 6.93. The van der Waals surface area contributed by atoms with Crippen LogP contribution in [-0.4, -0.2) is 30.7 Å². The molecule has 1 aliphatic heterocycles. The van der Waals surface area contributed by atoms with E-state index in [1.54, 1.807) is 7.11 Å². The average molecular weight is 344 g/mol. The minimum Gasteiger partial charge on any atom is -0.496 e. The van der Waals surface area contributed by atoms with Gasteiger partial charge < -0.3 is 10.1 Å². The number of rotatable bonds is 5. The Labute approximate surface area is 128 Å². The van der Waals surface area contributed by atoms with Crippen LogP contribution in [0.5, 0.6) is 5.75 Å². The van der Waals surface area contributed by atoms with Gasteiger partial charge in [0.2, 0.25) is 0 Å². The lowest BCUT2D eigenvalue weighted by Gasteiger charge is -2.33. The molecule has 1 fully saturated rings. The van der Waals surface area contributed by atoms with Gasteiger partial charge in [0, 0.05) is 15.3 Å². The van der Waals surface area contributed by atoms with Crippen molar-refractivity contribution in [2.24, 2.45) is 0 Å². The molecule has 0 aliphatic carbocycles. The molecule has 0 amide bonds. The molecule has 19 heavy (non-hydrogen) atoms. The van der Waals surface area contributed by atoms with Crippen molar-refractivity contribution in [3.8, 4) is 5.75 Å². The third kappa shape index (κ3) is 3.47. The van der Waals surface area contributed by atoms with Crippen molar-refractivity contribution in [1.82, 2.24) is 5.32 Å². The van der Waals surface area contributed by atoms with E-state index in [2.05, 4.69) is 53.0 Å². The van der Waals surface area contributed by atoms with Crippen LogP contribution < -0.4 is 10.1 Å². The van der Waals surface area contributed by atoms with Crippen LogP contribution >= 0.6 is 27.7 Å². The Morgan fingerprint density at radius 1 is 1.53 bits per heavy atom. The summed E-state index contributed by atoms with van der Waals surface area (Å²) in [5.41, 5.74) is 1.27. The third-order valence-corrected chi connectivity index (χ3v) is 6.14. The molecule has 2 nitrogen and oxygen atoms in total. The lowest BCUT2D eigenvalue weighted by atomic mass is 9.90. The maximum Gasteiger partial charge on any atom is 0.122 e. The number of likely N-dealkylation sites (N-methyl/N-ethyl adjacent to an activating group) is 1. The number of halogens is 1. The Bertz CT molecular complexity index is 432. The molecular weight excluding hydrogens is 322 g/mol. The van der Waals surface area contributed by atoms with Crippen molar-refractivity contribution in [3.05, 3.63) is 28.2 Å². The molecule has 0 bridgehead atoms. The van der Waals surface area contributed by atoms with E-state index >= 15 is 0 Å². The molecule has 2 rings (SSSR count). The van der Waals surface area contributed by atoms with Crippen molar-refractivity contribution < 1.29 is 4.74 Å². The predicted octanol–water partition coefficient (Wildman–Crippen LogP) is 3.87. The van der Waals surface area contributed by atoms with Gasteiger partial charge in [0.05, 0.1) is 7.11 Å². The van der Waals surface area contributed by atoms with Crippen LogP contribution in [-0.2, 0) is 6.42 Å². The van der Waals surface area contributed by atoms with E-state index in [4.69, 9.17) is 4.74 Å². The fourth-order valence-corrected chi connectivity index (χ4v) is 4.68. The van der Waals surface area contributed by atoms with Crippen LogP contribution in [0.1, 0.15) is 25.3 Å². The van der Waals surface area contributed by atoms with Crippen LogP contribution in [0.3, 0.4) is 0 Å². The van der Waals surface area contributed by atoms with Gasteiger partial charge in [0.1, 0.15) is 5.75 Å². The maximum absolute atomic E-state index is 5.49. The SMILES string of the molecule is CNC(Cc1cc(Br)ccc1OC)C1(C)CCCS1. The number of thioether (sulfide) groups is 1. The highest BCUT2D eigenvalue weighted by molar-refractivity contribution is 9.10. The Balaban J connectivity index is 2.20. The third-order valence-electron chi connectivity index (χ3n) is 4.00.